The maximum atomic E-state index is 12.2. The number of nitrogens with one attached hydrogen (secondary N) is 2. The minimum absolute atomic E-state index is 0.0183. The number of benzene rings is 1. The summed E-state index contributed by atoms with van der Waals surface area (Å²) in [5.74, 6) is 1.77. The molecule has 2 heterocycles. The van der Waals surface area contributed by atoms with Gasteiger partial charge in [0.25, 0.3) is 5.91 Å². The molecule has 1 aliphatic heterocycles. The van der Waals surface area contributed by atoms with Crippen LogP contribution in [0.2, 0.25) is 0 Å². The number of carbonyl (C=O) groups is 1. The lowest BCUT2D eigenvalue weighted by Crippen LogP contribution is -2.41. The van der Waals surface area contributed by atoms with Crippen LogP contribution in [0, 0.1) is 0 Å². The molecular formula is C24H35N5O3. The largest absolute Gasteiger partial charge is 0.469 e. The standard InChI is InChI=1S/C24H35N5O3/c1-28(2)23(30)21-6-3-5-20(19-21)8-10-25-24(26-11-9-22-7-4-16-32-22)27-12-13-29-14-17-31-18-15-29/h3-7,16,19H,8-15,17-18H2,1-2H3,(H2,25,26,27). The van der Waals surface area contributed by atoms with Crippen molar-refractivity contribution in [2.75, 3.05) is 66.6 Å². The van der Waals surface area contributed by atoms with E-state index in [4.69, 9.17) is 14.1 Å². The third-order valence-electron chi connectivity index (χ3n) is 5.32. The summed E-state index contributed by atoms with van der Waals surface area (Å²) in [7, 11) is 3.54. The van der Waals surface area contributed by atoms with Crippen molar-refractivity contribution in [1.82, 2.24) is 20.4 Å². The zero-order valence-corrected chi connectivity index (χ0v) is 19.2. The summed E-state index contributed by atoms with van der Waals surface area (Å²) < 4.78 is 10.8. The zero-order chi connectivity index (χ0) is 22.6. The molecular weight excluding hydrogens is 406 g/mol. The summed E-state index contributed by atoms with van der Waals surface area (Å²) >= 11 is 0. The average molecular weight is 442 g/mol. The molecule has 174 valence electrons. The number of aliphatic imine (C=N–C) groups is 1. The van der Waals surface area contributed by atoms with Crippen LogP contribution < -0.4 is 10.6 Å². The fourth-order valence-electron chi connectivity index (χ4n) is 3.50. The second kappa shape index (κ2) is 12.9. The maximum absolute atomic E-state index is 12.2. The van der Waals surface area contributed by atoms with E-state index in [0.29, 0.717) is 5.56 Å². The van der Waals surface area contributed by atoms with E-state index in [1.807, 2.05) is 36.4 Å². The topological polar surface area (TPSA) is 82.3 Å². The van der Waals surface area contributed by atoms with Crippen molar-refractivity contribution in [1.29, 1.82) is 0 Å². The molecule has 1 saturated heterocycles. The van der Waals surface area contributed by atoms with Gasteiger partial charge in [0.15, 0.2) is 5.96 Å². The molecule has 1 aromatic heterocycles. The molecule has 8 heteroatoms. The van der Waals surface area contributed by atoms with E-state index < -0.39 is 0 Å². The van der Waals surface area contributed by atoms with E-state index in [9.17, 15) is 4.79 Å². The first-order chi connectivity index (χ1) is 15.6. The fourth-order valence-corrected chi connectivity index (χ4v) is 3.50. The molecule has 0 atom stereocenters. The molecule has 1 aromatic carbocycles. The number of amides is 1. The molecule has 0 saturated carbocycles. The van der Waals surface area contributed by atoms with Gasteiger partial charge in [-0.05, 0) is 36.2 Å². The van der Waals surface area contributed by atoms with E-state index in [2.05, 4.69) is 15.5 Å². The van der Waals surface area contributed by atoms with Crippen LogP contribution in [0.1, 0.15) is 21.7 Å². The number of ether oxygens (including phenoxy) is 1. The van der Waals surface area contributed by atoms with E-state index >= 15 is 0 Å². The average Bonchev–Trinajstić information content (AvgIpc) is 3.32. The van der Waals surface area contributed by atoms with Gasteiger partial charge in [0, 0.05) is 58.8 Å². The minimum atomic E-state index is 0.0183. The van der Waals surface area contributed by atoms with E-state index in [0.717, 1.165) is 82.6 Å². The normalized spacial score (nSPS) is 14.9. The molecule has 2 N–H and O–H groups in total. The highest BCUT2D eigenvalue weighted by atomic mass is 16.5. The molecule has 1 fully saturated rings. The summed E-state index contributed by atoms with van der Waals surface area (Å²) in [6, 6.07) is 11.7. The Morgan fingerprint density at radius 3 is 2.59 bits per heavy atom. The molecule has 0 spiro atoms. The summed E-state index contributed by atoms with van der Waals surface area (Å²) in [4.78, 5) is 20.9. The monoisotopic (exact) mass is 441 g/mol. The Morgan fingerprint density at radius 1 is 1.09 bits per heavy atom. The number of morpholine rings is 1. The molecule has 3 rings (SSSR count). The Kier molecular flexibility index (Phi) is 9.59. The molecule has 0 bridgehead atoms. The Labute approximate surface area is 190 Å². The molecule has 1 amide bonds. The van der Waals surface area contributed by atoms with Gasteiger partial charge in [-0.2, -0.15) is 0 Å². The van der Waals surface area contributed by atoms with Gasteiger partial charge in [-0.3, -0.25) is 14.7 Å². The first-order valence-corrected chi connectivity index (χ1v) is 11.3. The lowest BCUT2D eigenvalue weighted by molar-refractivity contribution is 0.0394. The van der Waals surface area contributed by atoms with Crippen LogP contribution in [-0.4, -0.2) is 88.2 Å². The van der Waals surface area contributed by atoms with Gasteiger partial charge in [-0.15, -0.1) is 0 Å². The third-order valence-corrected chi connectivity index (χ3v) is 5.32. The quantitative estimate of drug-likeness (QED) is 0.431. The van der Waals surface area contributed by atoms with Crippen molar-refractivity contribution in [3.63, 3.8) is 0 Å². The molecule has 32 heavy (non-hydrogen) atoms. The predicted octanol–water partition coefficient (Wildman–Crippen LogP) is 1.63. The predicted molar refractivity (Wildman–Crippen MR) is 126 cm³/mol. The van der Waals surface area contributed by atoms with Crippen LogP contribution in [0.3, 0.4) is 0 Å². The molecule has 0 radical (unpaired) electrons. The van der Waals surface area contributed by atoms with Crippen molar-refractivity contribution in [3.05, 3.63) is 59.5 Å². The van der Waals surface area contributed by atoms with Crippen molar-refractivity contribution < 1.29 is 13.9 Å². The third kappa shape index (κ3) is 8.01. The van der Waals surface area contributed by atoms with Crippen LogP contribution in [0.25, 0.3) is 0 Å². The first-order valence-electron chi connectivity index (χ1n) is 11.3. The van der Waals surface area contributed by atoms with E-state index in [1.165, 1.54) is 0 Å². The number of furan rings is 1. The number of nitrogens with zero attached hydrogens (tertiary/aromatic N) is 3. The molecule has 0 aliphatic carbocycles. The highest BCUT2D eigenvalue weighted by Gasteiger charge is 2.10. The van der Waals surface area contributed by atoms with Gasteiger partial charge >= 0.3 is 0 Å². The zero-order valence-electron chi connectivity index (χ0n) is 19.2. The lowest BCUT2D eigenvalue weighted by Gasteiger charge is -2.25. The van der Waals surface area contributed by atoms with Gasteiger partial charge < -0.3 is 24.7 Å². The van der Waals surface area contributed by atoms with E-state index in [1.54, 1.807) is 25.3 Å². The number of hydrogen-bond acceptors (Lipinski definition) is 5. The van der Waals surface area contributed by atoms with Crippen molar-refractivity contribution in [2.24, 2.45) is 4.99 Å². The summed E-state index contributed by atoms with van der Waals surface area (Å²) in [5.41, 5.74) is 1.83. The van der Waals surface area contributed by atoms with Gasteiger partial charge in [0.05, 0.1) is 26.0 Å². The van der Waals surface area contributed by atoms with Gasteiger partial charge in [-0.1, -0.05) is 12.1 Å². The Bertz CT molecular complexity index is 845. The first kappa shape index (κ1) is 23.8. The minimum Gasteiger partial charge on any atom is -0.469 e. The highest BCUT2D eigenvalue weighted by molar-refractivity contribution is 5.94. The van der Waals surface area contributed by atoms with Gasteiger partial charge in [0.2, 0.25) is 0 Å². The van der Waals surface area contributed by atoms with Gasteiger partial charge in [-0.25, -0.2) is 0 Å². The highest BCUT2D eigenvalue weighted by Crippen LogP contribution is 2.08. The number of guanidine groups is 1. The van der Waals surface area contributed by atoms with Gasteiger partial charge in [0.1, 0.15) is 5.76 Å². The second-order valence-corrected chi connectivity index (χ2v) is 8.02. The summed E-state index contributed by atoms with van der Waals surface area (Å²) in [6.07, 6.45) is 3.29. The van der Waals surface area contributed by atoms with Crippen LogP contribution in [0.4, 0.5) is 0 Å². The number of carbonyl (C=O) groups excluding carboxylic acids is 1. The fraction of sp³-hybridized carbons (Fsp3) is 0.500. The smallest absolute Gasteiger partial charge is 0.253 e. The Morgan fingerprint density at radius 2 is 1.88 bits per heavy atom. The van der Waals surface area contributed by atoms with E-state index in [-0.39, 0.29) is 5.91 Å². The SMILES string of the molecule is CN(C)C(=O)c1cccc(CCNC(=NCCN2CCOCC2)NCCc2ccco2)c1. The summed E-state index contributed by atoms with van der Waals surface area (Å²) in [6.45, 7) is 6.63. The Hall–Kier alpha value is -2.84. The molecule has 2 aromatic rings. The maximum Gasteiger partial charge on any atom is 0.253 e. The molecule has 8 nitrogen and oxygen atoms in total. The van der Waals surface area contributed by atoms with Crippen LogP contribution in [0.15, 0.2) is 52.1 Å². The van der Waals surface area contributed by atoms with Crippen molar-refractivity contribution in [3.8, 4) is 0 Å². The lowest BCUT2D eigenvalue weighted by atomic mass is 10.1. The number of hydrogen-bond donors (Lipinski definition) is 2. The van der Waals surface area contributed by atoms with Crippen molar-refractivity contribution >= 4 is 11.9 Å². The summed E-state index contributed by atoms with van der Waals surface area (Å²) in [5, 5.41) is 6.83. The molecule has 1 aliphatic rings. The van der Waals surface area contributed by atoms with Crippen LogP contribution in [-0.2, 0) is 17.6 Å². The molecule has 0 unspecified atom stereocenters. The second-order valence-electron chi connectivity index (χ2n) is 8.02. The van der Waals surface area contributed by atoms with Crippen molar-refractivity contribution in [2.45, 2.75) is 12.8 Å². The van der Waals surface area contributed by atoms with Crippen LogP contribution in [0.5, 0.6) is 0 Å². The Balaban J connectivity index is 1.50. The van der Waals surface area contributed by atoms with Crippen LogP contribution >= 0.6 is 0 Å². The number of rotatable bonds is 10.